The van der Waals surface area contributed by atoms with Crippen molar-refractivity contribution < 1.29 is 0 Å². The molecule has 2 heterocycles. The molecule has 0 radical (unpaired) electrons. The molecule has 5 nitrogen and oxygen atoms in total. The fourth-order valence-electron chi connectivity index (χ4n) is 2.21. The second-order valence-corrected chi connectivity index (χ2v) is 4.65. The third-order valence-electron chi connectivity index (χ3n) is 3.19. The van der Waals surface area contributed by atoms with Crippen LogP contribution in [0.2, 0.25) is 0 Å². The van der Waals surface area contributed by atoms with Crippen molar-refractivity contribution in [1.82, 2.24) is 19.5 Å². The Morgan fingerprint density at radius 1 is 1.44 bits per heavy atom. The molecular formula is C13H20N4O. The van der Waals surface area contributed by atoms with Crippen molar-refractivity contribution in [1.29, 1.82) is 0 Å². The van der Waals surface area contributed by atoms with Crippen LogP contribution < -0.4 is 10.9 Å². The fourth-order valence-corrected chi connectivity index (χ4v) is 2.21. The van der Waals surface area contributed by atoms with E-state index in [9.17, 15) is 4.79 Å². The van der Waals surface area contributed by atoms with Gasteiger partial charge in [0.2, 0.25) is 0 Å². The van der Waals surface area contributed by atoms with Gasteiger partial charge in [0.05, 0.1) is 5.69 Å². The lowest BCUT2D eigenvalue weighted by atomic mass is 10.1. The Labute approximate surface area is 106 Å². The van der Waals surface area contributed by atoms with Gasteiger partial charge in [-0.05, 0) is 26.5 Å². The van der Waals surface area contributed by atoms with Crippen LogP contribution in [0.25, 0.3) is 5.52 Å². The number of aryl methyl sites for hydroxylation is 1. The van der Waals surface area contributed by atoms with Gasteiger partial charge in [0, 0.05) is 25.0 Å². The first kappa shape index (κ1) is 12.8. The lowest BCUT2D eigenvalue weighted by Gasteiger charge is -2.16. The van der Waals surface area contributed by atoms with Gasteiger partial charge in [0.25, 0.3) is 5.56 Å². The summed E-state index contributed by atoms with van der Waals surface area (Å²) in [4.78, 5) is 12.3. The highest BCUT2D eigenvalue weighted by Crippen LogP contribution is 2.02. The second-order valence-electron chi connectivity index (χ2n) is 4.65. The maximum absolute atomic E-state index is 12.3. The van der Waals surface area contributed by atoms with E-state index in [0.717, 1.165) is 18.5 Å². The molecule has 5 heteroatoms. The molecule has 98 valence electrons. The Kier molecular flexibility index (Phi) is 3.81. The van der Waals surface area contributed by atoms with E-state index in [4.69, 9.17) is 0 Å². The molecule has 0 saturated carbocycles. The quantitative estimate of drug-likeness (QED) is 0.865. The molecule has 0 bridgehead atoms. The molecule has 0 saturated heterocycles. The largest absolute Gasteiger partial charge is 0.315 e. The smallest absolute Gasteiger partial charge is 0.276 e. The molecule has 1 N–H and O–H groups in total. The van der Waals surface area contributed by atoms with E-state index in [0.29, 0.717) is 18.1 Å². The standard InChI is InChI=1S/C13H20N4O/c1-4-5-11(14-3)9-16-6-7-17-12(13(16)18)8-10(2)15-17/h6-8,11,14H,4-5,9H2,1-3H3. The Hall–Kier alpha value is -1.62. The van der Waals surface area contributed by atoms with Gasteiger partial charge >= 0.3 is 0 Å². The zero-order valence-electron chi connectivity index (χ0n) is 11.2. The lowest BCUT2D eigenvalue weighted by molar-refractivity contribution is 0.442. The van der Waals surface area contributed by atoms with Crippen molar-refractivity contribution in [2.75, 3.05) is 7.05 Å². The lowest BCUT2D eigenvalue weighted by Crippen LogP contribution is -2.34. The normalized spacial score (nSPS) is 13.1. The summed E-state index contributed by atoms with van der Waals surface area (Å²) in [5.74, 6) is 0. The number of likely N-dealkylation sites (N-methyl/N-ethyl adjacent to an activating group) is 1. The SMILES string of the molecule is CCCC(Cn1ccn2nc(C)cc2c1=O)NC. The maximum atomic E-state index is 12.3. The first-order valence-corrected chi connectivity index (χ1v) is 6.38. The van der Waals surface area contributed by atoms with Gasteiger partial charge in [0.1, 0.15) is 5.52 Å². The predicted molar refractivity (Wildman–Crippen MR) is 71.9 cm³/mol. The first-order chi connectivity index (χ1) is 8.65. The van der Waals surface area contributed by atoms with Gasteiger partial charge in [-0.1, -0.05) is 13.3 Å². The fraction of sp³-hybridized carbons (Fsp3) is 0.538. The van der Waals surface area contributed by atoms with Crippen LogP contribution in [-0.4, -0.2) is 27.3 Å². The zero-order chi connectivity index (χ0) is 13.1. The average Bonchev–Trinajstić information content (AvgIpc) is 2.73. The molecule has 0 amide bonds. The van der Waals surface area contributed by atoms with Crippen LogP contribution in [0, 0.1) is 6.92 Å². The van der Waals surface area contributed by atoms with Crippen molar-refractivity contribution in [2.24, 2.45) is 0 Å². The number of rotatable bonds is 5. The Bertz CT molecular complexity index is 584. The van der Waals surface area contributed by atoms with Gasteiger partial charge in [-0.2, -0.15) is 5.10 Å². The van der Waals surface area contributed by atoms with Gasteiger partial charge in [-0.15, -0.1) is 0 Å². The molecule has 0 fully saturated rings. The van der Waals surface area contributed by atoms with Crippen molar-refractivity contribution >= 4 is 5.52 Å². The topological polar surface area (TPSA) is 51.3 Å². The molecule has 1 unspecified atom stereocenters. The van der Waals surface area contributed by atoms with Crippen LogP contribution in [0.4, 0.5) is 0 Å². The molecule has 0 aliphatic heterocycles. The van der Waals surface area contributed by atoms with Gasteiger partial charge < -0.3 is 9.88 Å². The minimum Gasteiger partial charge on any atom is -0.315 e. The number of aromatic nitrogens is 3. The average molecular weight is 248 g/mol. The summed E-state index contributed by atoms with van der Waals surface area (Å²) in [5.41, 5.74) is 1.53. The van der Waals surface area contributed by atoms with E-state index in [-0.39, 0.29) is 5.56 Å². The molecule has 2 rings (SSSR count). The van der Waals surface area contributed by atoms with Crippen LogP contribution in [-0.2, 0) is 6.54 Å². The molecular weight excluding hydrogens is 228 g/mol. The van der Waals surface area contributed by atoms with E-state index in [1.54, 1.807) is 9.08 Å². The third-order valence-corrected chi connectivity index (χ3v) is 3.19. The molecule has 18 heavy (non-hydrogen) atoms. The van der Waals surface area contributed by atoms with Crippen molar-refractivity contribution in [3.63, 3.8) is 0 Å². The van der Waals surface area contributed by atoms with E-state index in [1.807, 2.05) is 32.4 Å². The molecule has 2 aromatic rings. The highest BCUT2D eigenvalue weighted by Gasteiger charge is 2.09. The number of hydrogen-bond acceptors (Lipinski definition) is 3. The summed E-state index contributed by atoms with van der Waals surface area (Å²) in [6, 6.07) is 2.16. The van der Waals surface area contributed by atoms with Gasteiger partial charge in [-0.25, -0.2) is 4.52 Å². The van der Waals surface area contributed by atoms with Crippen molar-refractivity contribution in [3.8, 4) is 0 Å². The van der Waals surface area contributed by atoms with E-state index < -0.39 is 0 Å². The minimum atomic E-state index is 0.0226. The van der Waals surface area contributed by atoms with Crippen LogP contribution in [0.3, 0.4) is 0 Å². The summed E-state index contributed by atoms with van der Waals surface area (Å²) >= 11 is 0. The Balaban J connectivity index is 2.33. The molecule has 0 aromatic carbocycles. The summed E-state index contributed by atoms with van der Waals surface area (Å²) in [6.07, 6.45) is 5.81. The summed E-state index contributed by atoms with van der Waals surface area (Å²) in [5, 5.41) is 7.49. The minimum absolute atomic E-state index is 0.0226. The summed E-state index contributed by atoms with van der Waals surface area (Å²) < 4.78 is 3.40. The monoisotopic (exact) mass is 248 g/mol. The zero-order valence-corrected chi connectivity index (χ0v) is 11.2. The molecule has 1 atom stereocenters. The third kappa shape index (κ3) is 2.46. The van der Waals surface area contributed by atoms with Crippen molar-refractivity contribution in [2.45, 2.75) is 39.3 Å². The molecule has 2 aromatic heterocycles. The van der Waals surface area contributed by atoms with Gasteiger partial charge in [0.15, 0.2) is 0 Å². The van der Waals surface area contributed by atoms with Crippen LogP contribution in [0.5, 0.6) is 0 Å². The van der Waals surface area contributed by atoms with Crippen molar-refractivity contribution in [3.05, 3.63) is 34.5 Å². The maximum Gasteiger partial charge on any atom is 0.276 e. The number of nitrogens with one attached hydrogen (secondary N) is 1. The van der Waals surface area contributed by atoms with Crippen LogP contribution in [0.15, 0.2) is 23.3 Å². The van der Waals surface area contributed by atoms with E-state index >= 15 is 0 Å². The van der Waals surface area contributed by atoms with Crippen LogP contribution in [0.1, 0.15) is 25.5 Å². The molecule has 0 aliphatic carbocycles. The highest BCUT2D eigenvalue weighted by molar-refractivity contribution is 5.44. The van der Waals surface area contributed by atoms with E-state index in [1.165, 1.54) is 0 Å². The second kappa shape index (κ2) is 5.35. The molecule has 0 spiro atoms. The summed E-state index contributed by atoms with van der Waals surface area (Å²) in [6.45, 7) is 4.74. The number of nitrogens with zero attached hydrogens (tertiary/aromatic N) is 3. The first-order valence-electron chi connectivity index (χ1n) is 6.38. The number of hydrogen-bond donors (Lipinski definition) is 1. The highest BCUT2D eigenvalue weighted by atomic mass is 16.1. The Morgan fingerprint density at radius 3 is 2.89 bits per heavy atom. The Morgan fingerprint density at radius 2 is 2.22 bits per heavy atom. The number of fused-ring (bicyclic) bond motifs is 1. The van der Waals surface area contributed by atoms with E-state index in [2.05, 4.69) is 17.3 Å². The summed E-state index contributed by atoms with van der Waals surface area (Å²) in [7, 11) is 1.94. The van der Waals surface area contributed by atoms with Crippen LogP contribution >= 0.6 is 0 Å². The predicted octanol–water partition coefficient (Wildman–Crippen LogP) is 1.19. The molecule has 0 aliphatic rings. The van der Waals surface area contributed by atoms with Gasteiger partial charge in [-0.3, -0.25) is 4.79 Å².